The first-order valence-corrected chi connectivity index (χ1v) is 14.3. The van der Waals surface area contributed by atoms with Gasteiger partial charge in [-0.3, -0.25) is 0 Å². The SMILES string of the molecule is CCCCCCCCCCCCCCn1cc[n+](C)c1.O=S(=O)([N-]S(=O)(=O)C(F)(F)F)C(F)(F)F. The lowest BCUT2D eigenvalue weighted by molar-refractivity contribution is -0.671. The van der Waals surface area contributed by atoms with E-state index < -0.39 is 31.1 Å². The van der Waals surface area contributed by atoms with E-state index in [1.54, 1.807) is 0 Å². The third-order valence-electron chi connectivity index (χ3n) is 4.87. The Labute approximate surface area is 204 Å². The number of alkyl halides is 6. The van der Waals surface area contributed by atoms with Gasteiger partial charge in [-0.1, -0.05) is 71.1 Å². The zero-order valence-electron chi connectivity index (χ0n) is 20.0. The van der Waals surface area contributed by atoms with E-state index in [1.807, 2.05) is 0 Å². The lowest BCUT2D eigenvalue weighted by Crippen LogP contribution is -2.30. The molecule has 0 radical (unpaired) electrons. The minimum absolute atomic E-state index is 0.778. The molecule has 1 aromatic rings. The summed E-state index contributed by atoms with van der Waals surface area (Å²) in [5.41, 5.74) is -12.4. The molecular weight excluding hydrogens is 524 g/mol. The molecule has 35 heavy (non-hydrogen) atoms. The average Bonchev–Trinajstić information content (AvgIpc) is 3.12. The predicted molar refractivity (Wildman–Crippen MR) is 120 cm³/mol. The van der Waals surface area contributed by atoms with Crippen molar-refractivity contribution < 1.29 is 47.7 Å². The van der Waals surface area contributed by atoms with Crippen LogP contribution in [0.4, 0.5) is 26.3 Å². The van der Waals surface area contributed by atoms with Gasteiger partial charge in [0.1, 0.15) is 12.4 Å². The average molecular weight is 560 g/mol. The fourth-order valence-corrected chi connectivity index (χ4v) is 4.69. The molecule has 0 spiro atoms. The summed E-state index contributed by atoms with van der Waals surface area (Å²) in [5.74, 6) is 0. The second-order valence-corrected chi connectivity index (χ2v) is 11.5. The maximum atomic E-state index is 11.4. The summed E-state index contributed by atoms with van der Waals surface area (Å²) in [7, 11) is -11.4. The number of nitrogens with zero attached hydrogens (tertiary/aromatic N) is 3. The highest BCUT2D eigenvalue weighted by Crippen LogP contribution is 2.36. The van der Waals surface area contributed by atoms with Crippen molar-refractivity contribution in [2.24, 2.45) is 7.05 Å². The zero-order chi connectivity index (χ0) is 27.2. The summed E-state index contributed by atoms with van der Waals surface area (Å²) >= 11 is 0. The van der Waals surface area contributed by atoms with E-state index in [4.69, 9.17) is 0 Å². The zero-order valence-corrected chi connectivity index (χ0v) is 21.6. The number of aromatic nitrogens is 2. The molecule has 0 unspecified atom stereocenters. The van der Waals surface area contributed by atoms with Crippen molar-refractivity contribution in [1.82, 2.24) is 4.57 Å². The topological polar surface area (TPSA) is 91.2 Å². The van der Waals surface area contributed by atoms with Crippen LogP contribution in [0.15, 0.2) is 18.7 Å². The van der Waals surface area contributed by atoms with Gasteiger partial charge in [0.15, 0.2) is 20.0 Å². The molecule has 0 aliphatic carbocycles. The molecule has 1 aromatic heterocycles. The predicted octanol–water partition coefficient (Wildman–Crippen LogP) is 6.07. The van der Waals surface area contributed by atoms with Crippen LogP contribution in [0, 0.1) is 0 Å². The second kappa shape index (κ2) is 15.7. The van der Waals surface area contributed by atoms with Crippen LogP contribution in [-0.2, 0) is 33.6 Å². The molecule has 0 atom stereocenters. The van der Waals surface area contributed by atoms with Gasteiger partial charge in [0.25, 0.3) is 0 Å². The molecule has 0 aliphatic rings. The molecule has 0 fully saturated rings. The highest BCUT2D eigenvalue weighted by Gasteiger charge is 2.46. The monoisotopic (exact) mass is 559 g/mol. The van der Waals surface area contributed by atoms with Gasteiger partial charge < -0.3 is 4.13 Å². The smallest absolute Gasteiger partial charge is 0.421 e. The van der Waals surface area contributed by atoms with Crippen molar-refractivity contribution in [2.45, 2.75) is 102 Å². The highest BCUT2D eigenvalue weighted by atomic mass is 32.3. The van der Waals surface area contributed by atoms with Gasteiger partial charge >= 0.3 is 11.0 Å². The number of imidazole rings is 1. The normalized spacial score (nSPS) is 12.9. The molecule has 1 heterocycles. The molecule has 1 rings (SSSR count). The third kappa shape index (κ3) is 14.7. The first-order valence-electron chi connectivity index (χ1n) is 11.4. The van der Waals surface area contributed by atoms with E-state index in [2.05, 4.69) is 41.8 Å². The molecule has 0 N–H and O–H groups in total. The van der Waals surface area contributed by atoms with Gasteiger partial charge in [-0.05, 0) is 12.8 Å². The van der Waals surface area contributed by atoms with E-state index in [9.17, 15) is 43.2 Å². The van der Waals surface area contributed by atoms with Crippen LogP contribution in [0.2, 0.25) is 0 Å². The molecule has 208 valence electrons. The Morgan fingerprint density at radius 1 is 0.714 bits per heavy atom. The van der Waals surface area contributed by atoms with E-state index in [-0.39, 0.29) is 0 Å². The largest absolute Gasteiger partial charge is 0.480 e. The first kappa shape index (κ1) is 33.7. The lowest BCUT2D eigenvalue weighted by atomic mass is 10.1. The van der Waals surface area contributed by atoms with Crippen LogP contribution >= 0.6 is 0 Å². The molecule has 15 heteroatoms. The van der Waals surface area contributed by atoms with Gasteiger partial charge in [0, 0.05) is 0 Å². The highest BCUT2D eigenvalue weighted by molar-refractivity contribution is 8.13. The standard InChI is InChI=1S/C18H35N2.C2F6NO4S2/c1-3-4-5-6-7-8-9-10-11-12-13-14-15-20-17-16-19(2)18-20;3-1(4,5)14(10,11)9-15(12,13)2(6,7)8/h16-18H,3-15H2,1-2H3;/q+1;-1. The quantitative estimate of drug-likeness (QED) is 0.148. The van der Waals surface area contributed by atoms with Crippen LogP contribution < -0.4 is 4.57 Å². The molecule has 0 saturated heterocycles. The molecule has 0 amide bonds. The van der Waals surface area contributed by atoms with E-state index >= 15 is 0 Å². The summed E-state index contributed by atoms with van der Waals surface area (Å²) in [6.07, 6.45) is 23.6. The van der Waals surface area contributed by atoms with Gasteiger partial charge in [-0.15, -0.1) is 0 Å². The van der Waals surface area contributed by atoms with E-state index in [0.717, 1.165) is 4.13 Å². The minimum atomic E-state index is -6.72. The summed E-state index contributed by atoms with van der Waals surface area (Å²) < 4.78 is 114. The van der Waals surface area contributed by atoms with E-state index in [1.165, 1.54) is 83.6 Å². The summed E-state index contributed by atoms with van der Waals surface area (Å²) in [6.45, 7) is 3.47. The Hall–Kier alpha value is -1.35. The summed E-state index contributed by atoms with van der Waals surface area (Å²) in [4.78, 5) is 0. The van der Waals surface area contributed by atoms with Crippen LogP contribution in [0.25, 0.3) is 4.13 Å². The molecule has 0 aliphatic heterocycles. The Balaban J connectivity index is 0.000000691. The third-order valence-corrected chi connectivity index (χ3v) is 7.61. The molecule has 0 aromatic carbocycles. The number of sulfonamides is 2. The summed E-state index contributed by atoms with van der Waals surface area (Å²) in [5, 5.41) is 0. The van der Waals surface area contributed by atoms with Gasteiger partial charge in [-0.25, -0.2) is 26.0 Å². The number of unbranched alkanes of at least 4 members (excludes halogenated alkanes) is 11. The van der Waals surface area contributed by atoms with E-state index in [0.29, 0.717) is 0 Å². The maximum Gasteiger partial charge on any atom is 0.480 e. The van der Waals surface area contributed by atoms with Crippen molar-refractivity contribution >= 4 is 20.0 Å². The van der Waals surface area contributed by atoms with Gasteiger partial charge in [0.05, 0.1) is 13.6 Å². The Morgan fingerprint density at radius 3 is 1.40 bits per heavy atom. The fourth-order valence-electron chi connectivity index (χ4n) is 2.98. The van der Waals surface area contributed by atoms with Crippen LogP contribution in [0.5, 0.6) is 0 Å². The van der Waals surface area contributed by atoms with Crippen LogP contribution in [0.1, 0.15) is 84.0 Å². The number of hydrogen-bond donors (Lipinski definition) is 0. The molecular formula is C20H35F6N3O4S2. The van der Waals surface area contributed by atoms with Crippen molar-refractivity contribution in [2.75, 3.05) is 0 Å². The molecule has 7 nitrogen and oxygen atoms in total. The van der Waals surface area contributed by atoms with Crippen molar-refractivity contribution in [3.8, 4) is 0 Å². The Kier molecular flexibility index (Phi) is 15.1. The molecule has 0 bridgehead atoms. The van der Waals surface area contributed by atoms with Gasteiger partial charge in [-0.2, -0.15) is 26.3 Å². The van der Waals surface area contributed by atoms with Crippen LogP contribution in [-0.4, -0.2) is 32.4 Å². The molecule has 0 saturated carbocycles. The first-order chi connectivity index (χ1) is 16.0. The summed E-state index contributed by atoms with van der Waals surface area (Å²) in [6, 6.07) is 0. The maximum absolute atomic E-state index is 11.4. The van der Waals surface area contributed by atoms with Crippen molar-refractivity contribution in [3.05, 3.63) is 22.8 Å². The van der Waals surface area contributed by atoms with Crippen LogP contribution in [0.3, 0.4) is 0 Å². The lowest BCUT2D eigenvalue weighted by Gasteiger charge is -2.22. The van der Waals surface area contributed by atoms with Crippen molar-refractivity contribution in [3.63, 3.8) is 0 Å². The number of hydrogen-bond acceptors (Lipinski definition) is 4. The Bertz CT molecular complexity index is 872. The second-order valence-electron chi connectivity index (χ2n) is 8.12. The van der Waals surface area contributed by atoms with Gasteiger partial charge in [0.2, 0.25) is 6.33 Å². The number of aryl methyl sites for hydroxylation is 2. The minimum Gasteiger partial charge on any atom is -0.421 e. The number of halogens is 6. The van der Waals surface area contributed by atoms with Crippen molar-refractivity contribution in [1.29, 1.82) is 0 Å². The number of rotatable bonds is 15. The Morgan fingerprint density at radius 2 is 1.09 bits per heavy atom. The fraction of sp³-hybridized carbons (Fsp3) is 0.850.